The van der Waals surface area contributed by atoms with E-state index in [-0.39, 0.29) is 6.61 Å². The van der Waals surface area contributed by atoms with E-state index in [1.54, 1.807) is 6.20 Å². The van der Waals surface area contributed by atoms with Crippen LogP contribution in [-0.4, -0.2) is 34.3 Å². The maximum absolute atomic E-state index is 9.18. The molecule has 0 amide bonds. The van der Waals surface area contributed by atoms with Crippen LogP contribution in [0.4, 0.5) is 11.8 Å². The Morgan fingerprint density at radius 1 is 1.35 bits per heavy atom. The van der Waals surface area contributed by atoms with Gasteiger partial charge in [0.15, 0.2) is 0 Å². The number of rotatable bonds is 4. The van der Waals surface area contributed by atoms with Gasteiger partial charge in [0.1, 0.15) is 5.82 Å². The highest BCUT2D eigenvalue weighted by Gasteiger charge is 2.22. The summed E-state index contributed by atoms with van der Waals surface area (Å²) in [5, 5.41) is 9.18. The summed E-state index contributed by atoms with van der Waals surface area (Å²) in [4.78, 5) is 10.3. The van der Waals surface area contributed by atoms with Crippen molar-refractivity contribution in [2.45, 2.75) is 38.1 Å². The highest BCUT2D eigenvalue weighted by atomic mass is 16.3. The fraction of sp³-hybridized carbons (Fsp3) is 0.667. The van der Waals surface area contributed by atoms with E-state index in [4.69, 9.17) is 5.73 Å². The van der Waals surface area contributed by atoms with Crippen LogP contribution in [0.15, 0.2) is 12.3 Å². The first-order chi connectivity index (χ1) is 8.31. The van der Waals surface area contributed by atoms with Crippen molar-refractivity contribution in [3.05, 3.63) is 12.3 Å². The van der Waals surface area contributed by atoms with Gasteiger partial charge < -0.3 is 15.7 Å². The number of anilines is 2. The zero-order valence-electron chi connectivity index (χ0n) is 10.0. The number of nitrogens with two attached hydrogens (primary N) is 1. The van der Waals surface area contributed by atoms with Crippen molar-refractivity contribution in [1.82, 2.24) is 9.97 Å². The van der Waals surface area contributed by atoms with Gasteiger partial charge >= 0.3 is 0 Å². The van der Waals surface area contributed by atoms with Crippen LogP contribution in [0.2, 0.25) is 0 Å². The van der Waals surface area contributed by atoms with Gasteiger partial charge in [0, 0.05) is 18.8 Å². The topological polar surface area (TPSA) is 75.3 Å². The summed E-state index contributed by atoms with van der Waals surface area (Å²) in [6.07, 6.45) is 7.84. The fourth-order valence-electron chi connectivity index (χ4n) is 2.51. The minimum Gasteiger partial charge on any atom is -0.395 e. The lowest BCUT2D eigenvalue weighted by Crippen LogP contribution is -2.39. The van der Waals surface area contributed by atoms with Crippen molar-refractivity contribution in [2.24, 2.45) is 0 Å². The molecule has 94 valence electrons. The number of nitrogens with zero attached hydrogens (tertiary/aromatic N) is 3. The van der Waals surface area contributed by atoms with Crippen LogP contribution in [-0.2, 0) is 0 Å². The molecule has 3 N–H and O–H groups in total. The number of nitrogen functional groups attached to an aromatic ring is 1. The van der Waals surface area contributed by atoms with E-state index in [1.165, 1.54) is 32.1 Å². The Morgan fingerprint density at radius 2 is 2.12 bits per heavy atom. The Labute approximate surface area is 102 Å². The van der Waals surface area contributed by atoms with Gasteiger partial charge in [-0.3, -0.25) is 0 Å². The first-order valence-corrected chi connectivity index (χ1v) is 6.27. The molecule has 1 aromatic rings. The summed E-state index contributed by atoms with van der Waals surface area (Å²) in [7, 11) is 0. The summed E-state index contributed by atoms with van der Waals surface area (Å²) in [6.45, 7) is 0.752. The van der Waals surface area contributed by atoms with Crippen molar-refractivity contribution in [3.8, 4) is 0 Å². The van der Waals surface area contributed by atoms with E-state index in [0.717, 1.165) is 5.82 Å². The van der Waals surface area contributed by atoms with Crippen molar-refractivity contribution in [1.29, 1.82) is 0 Å². The third kappa shape index (κ3) is 3.06. The second kappa shape index (κ2) is 5.82. The van der Waals surface area contributed by atoms with Crippen molar-refractivity contribution < 1.29 is 5.11 Å². The van der Waals surface area contributed by atoms with E-state index in [2.05, 4.69) is 14.9 Å². The zero-order chi connectivity index (χ0) is 12.1. The van der Waals surface area contributed by atoms with E-state index < -0.39 is 0 Å². The Kier molecular flexibility index (Phi) is 4.14. The van der Waals surface area contributed by atoms with Crippen molar-refractivity contribution in [2.75, 3.05) is 23.8 Å². The molecule has 1 saturated carbocycles. The van der Waals surface area contributed by atoms with Crippen LogP contribution < -0.4 is 10.6 Å². The van der Waals surface area contributed by atoms with Gasteiger partial charge in [0.05, 0.1) is 6.61 Å². The average molecular weight is 236 g/mol. The average Bonchev–Trinajstić information content (AvgIpc) is 2.37. The molecule has 17 heavy (non-hydrogen) atoms. The number of aliphatic hydroxyl groups excluding tert-OH is 1. The molecule has 5 nitrogen and oxygen atoms in total. The molecule has 0 radical (unpaired) electrons. The Hall–Kier alpha value is -1.36. The summed E-state index contributed by atoms with van der Waals surface area (Å²) in [6, 6.07) is 2.34. The van der Waals surface area contributed by atoms with Crippen LogP contribution in [0.5, 0.6) is 0 Å². The number of hydrogen-bond donors (Lipinski definition) is 2. The van der Waals surface area contributed by atoms with E-state index >= 15 is 0 Å². The van der Waals surface area contributed by atoms with E-state index in [9.17, 15) is 5.11 Å². The number of aromatic nitrogens is 2. The first kappa shape index (κ1) is 12.1. The second-order valence-electron chi connectivity index (χ2n) is 4.48. The molecule has 0 saturated heterocycles. The number of hydrogen-bond acceptors (Lipinski definition) is 5. The van der Waals surface area contributed by atoms with Gasteiger partial charge in [-0.05, 0) is 18.9 Å². The Bertz CT molecular complexity index is 352. The molecule has 0 aliphatic heterocycles. The SMILES string of the molecule is Nc1nccc(N(CCO)C2CCCCC2)n1. The second-order valence-corrected chi connectivity index (χ2v) is 4.48. The molecule has 1 aliphatic carbocycles. The molecular formula is C12H20N4O. The highest BCUT2D eigenvalue weighted by Crippen LogP contribution is 2.25. The molecule has 1 fully saturated rings. The van der Waals surface area contributed by atoms with Gasteiger partial charge in [0.25, 0.3) is 0 Å². The standard InChI is InChI=1S/C12H20N4O/c13-12-14-7-6-11(15-12)16(8-9-17)10-4-2-1-3-5-10/h6-7,10,17H,1-5,8-9H2,(H2,13,14,15). The quantitative estimate of drug-likeness (QED) is 0.821. The molecule has 1 heterocycles. The lowest BCUT2D eigenvalue weighted by molar-refractivity contribution is 0.289. The molecule has 0 atom stereocenters. The molecule has 0 unspecified atom stereocenters. The summed E-state index contributed by atoms with van der Waals surface area (Å²) >= 11 is 0. The van der Waals surface area contributed by atoms with Gasteiger partial charge in [-0.15, -0.1) is 0 Å². The predicted molar refractivity (Wildman–Crippen MR) is 67.7 cm³/mol. The lowest BCUT2D eigenvalue weighted by Gasteiger charge is -2.34. The summed E-state index contributed by atoms with van der Waals surface area (Å²) < 4.78 is 0. The maximum atomic E-state index is 9.18. The van der Waals surface area contributed by atoms with Crippen LogP contribution in [0, 0.1) is 0 Å². The molecule has 2 rings (SSSR count). The molecule has 1 aromatic heterocycles. The Morgan fingerprint density at radius 3 is 2.76 bits per heavy atom. The predicted octanol–water partition coefficient (Wildman–Crippen LogP) is 1.19. The normalized spacial score (nSPS) is 17.0. The monoisotopic (exact) mass is 236 g/mol. The fourth-order valence-corrected chi connectivity index (χ4v) is 2.51. The first-order valence-electron chi connectivity index (χ1n) is 6.27. The van der Waals surface area contributed by atoms with Crippen LogP contribution in [0.3, 0.4) is 0 Å². The maximum Gasteiger partial charge on any atom is 0.221 e. The van der Waals surface area contributed by atoms with Crippen molar-refractivity contribution in [3.63, 3.8) is 0 Å². The minimum atomic E-state index is 0.139. The van der Waals surface area contributed by atoms with Gasteiger partial charge in [-0.1, -0.05) is 19.3 Å². The molecular weight excluding hydrogens is 216 g/mol. The van der Waals surface area contributed by atoms with Gasteiger partial charge in [0.2, 0.25) is 5.95 Å². The third-order valence-electron chi connectivity index (χ3n) is 3.31. The van der Waals surface area contributed by atoms with Gasteiger partial charge in [-0.2, -0.15) is 4.98 Å². The van der Waals surface area contributed by atoms with Crippen LogP contribution >= 0.6 is 0 Å². The lowest BCUT2D eigenvalue weighted by atomic mass is 9.94. The summed E-state index contributed by atoms with van der Waals surface area (Å²) in [5.74, 6) is 1.12. The molecule has 0 spiro atoms. The largest absolute Gasteiger partial charge is 0.395 e. The molecule has 5 heteroatoms. The number of aliphatic hydroxyl groups is 1. The molecule has 0 aromatic carbocycles. The summed E-state index contributed by atoms with van der Waals surface area (Å²) in [5.41, 5.74) is 5.61. The van der Waals surface area contributed by atoms with Crippen LogP contribution in [0.1, 0.15) is 32.1 Å². The highest BCUT2D eigenvalue weighted by molar-refractivity contribution is 5.42. The smallest absolute Gasteiger partial charge is 0.221 e. The van der Waals surface area contributed by atoms with Crippen molar-refractivity contribution >= 4 is 11.8 Å². The van der Waals surface area contributed by atoms with E-state index in [0.29, 0.717) is 18.5 Å². The molecule has 1 aliphatic rings. The Balaban J connectivity index is 2.15. The third-order valence-corrected chi connectivity index (χ3v) is 3.31. The van der Waals surface area contributed by atoms with E-state index in [1.807, 2.05) is 6.07 Å². The minimum absolute atomic E-state index is 0.139. The zero-order valence-corrected chi connectivity index (χ0v) is 10.0. The van der Waals surface area contributed by atoms with Gasteiger partial charge in [-0.25, -0.2) is 4.98 Å². The molecule has 0 bridgehead atoms. The van der Waals surface area contributed by atoms with Crippen LogP contribution in [0.25, 0.3) is 0 Å².